The van der Waals surface area contributed by atoms with Crippen molar-refractivity contribution in [2.75, 3.05) is 13.1 Å². The fraction of sp³-hybridized carbons (Fsp3) is 0.421. The van der Waals surface area contributed by atoms with Crippen molar-refractivity contribution in [2.24, 2.45) is 0 Å². The molecule has 1 fully saturated rings. The van der Waals surface area contributed by atoms with Gasteiger partial charge in [0.05, 0.1) is 17.6 Å². The molecule has 0 aliphatic carbocycles. The average molecular weight is 380 g/mol. The van der Waals surface area contributed by atoms with Crippen molar-refractivity contribution < 1.29 is 13.6 Å². The number of aldehydes is 1. The van der Waals surface area contributed by atoms with Crippen LogP contribution in [0.2, 0.25) is 0 Å². The largest absolute Gasteiger partial charge is 0.301 e. The second-order valence-corrected chi connectivity index (χ2v) is 6.76. The lowest BCUT2D eigenvalue weighted by atomic mass is 9.89. The Labute approximate surface area is 156 Å². The highest BCUT2D eigenvalue weighted by molar-refractivity contribution is 6.17. The van der Waals surface area contributed by atoms with Crippen LogP contribution in [-0.2, 0) is 10.7 Å². The molecule has 0 saturated carbocycles. The summed E-state index contributed by atoms with van der Waals surface area (Å²) in [6.07, 6.45) is 3.84. The Morgan fingerprint density at radius 3 is 2.54 bits per heavy atom. The quantitative estimate of drug-likeness (QED) is 0.583. The summed E-state index contributed by atoms with van der Waals surface area (Å²) in [4.78, 5) is 22.1. The fourth-order valence-corrected chi connectivity index (χ4v) is 3.76. The van der Waals surface area contributed by atoms with Gasteiger partial charge in [0.2, 0.25) is 0 Å². The SMILES string of the molecule is Cc1ncc(CCl)c(C2CCN(C(C=O)c3c(F)cccc3F)CC2)n1. The van der Waals surface area contributed by atoms with Crippen LogP contribution in [0.25, 0.3) is 0 Å². The summed E-state index contributed by atoms with van der Waals surface area (Å²) in [6, 6.07) is 2.74. The van der Waals surface area contributed by atoms with Gasteiger partial charge in [0, 0.05) is 23.2 Å². The summed E-state index contributed by atoms with van der Waals surface area (Å²) >= 11 is 6.00. The molecule has 0 radical (unpaired) electrons. The van der Waals surface area contributed by atoms with E-state index in [4.69, 9.17) is 11.6 Å². The lowest BCUT2D eigenvalue weighted by Crippen LogP contribution is -2.38. The van der Waals surface area contributed by atoms with E-state index < -0.39 is 17.7 Å². The van der Waals surface area contributed by atoms with E-state index >= 15 is 0 Å². The van der Waals surface area contributed by atoms with Crippen LogP contribution in [0.3, 0.4) is 0 Å². The minimum absolute atomic E-state index is 0.180. The maximum atomic E-state index is 14.1. The summed E-state index contributed by atoms with van der Waals surface area (Å²) < 4.78 is 28.1. The summed E-state index contributed by atoms with van der Waals surface area (Å²) in [6.45, 7) is 2.93. The van der Waals surface area contributed by atoms with E-state index in [1.807, 2.05) is 11.8 Å². The van der Waals surface area contributed by atoms with E-state index in [1.54, 1.807) is 6.20 Å². The number of alkyl halides is 1. The number of aryl methyl sites for hydroxylation is 1. The number of benzene rings is 1. The molecule has 1 atom stereocenters. The minimum atomic E-state index is -0.920. The molecular weight excluding hydrogens is 360 g/mol. The van der Waals surface area contributed by atoms with Crippen molar-refractivity contribution in [2.45, 2.75) is 37.6 Å². The number of carbonyl (C=O) groups is 1. The Morgan fingerprint density at radius 2 is 1.96 bits per heavy atom. The van der Waals surface area contributed by atoms with E-state index in [0.717, 1.165) is 24.1 Å². The third-order valence-electron chi connectivity index (χ3n) is 4.90. The van der Waals surface area contributed by atoms with Gasteiger partial charge >= 0.3 is 0 Å². The van der Waals surface area contributed by atoms with E-state index in [-0.39, 0.29) is 11.5 Å². The third-order valence-corrected chi connectivity index (χ3v) is 5.18. The highest BCUT2D eigenvalue weighted by atomic mass is 35.5. The molecule has 1 aromatic carbocycles. The molecular formula is C19H20ClF2N3O. The zero-order valence-corrected chi connectivity index (χ0v) is 15.2. The smallest absolute Gasteiger partial charge is 0.141 e. The van der Waals surface area contributed by atoms with Gasteiger partial charge in [0.15, 0.2) is 0 Å². The van der Waals surface area contributed by atoms with Gasteiger partial charge in [-0.1, -0.05) is 6.07 Å². The van der Waals surface area contributed by atoms with Crippen LogP contribution < -0.4 is 0 Å². The number of piperidine rings is 1. The van der Waals surface area contributed by atoms with E-state index in [2.05, 4.69) is 9.97 Å². The van der Waals surface area contributed by atoms with Crippen molar-refractivity contribution in [3.8, 4) is 0 Å². The van der Waals surface area contributed by atoms with Crippen molar-refractivity contribution in [1.29, 1.82) is 0 Å². The number of halogens is 3. The van der Waals surface area contributed by atoms with Gasteiger partial charge in [0.25, 0.3) is 0 Å². The van der Waals surface area contributed by atoms with E-state index in [0.29, 0.717) is 31.1 Å². The first-order valence-electron chi connectivity index (χ1n) is 8.56. The topological polar surface area (TPSA) is 46.1 Å². The molecule has 0 spiro atoms. The van der Waals surface area contributed by atoms with Crippen LogP contribution >= 0.6 is 11.6 Å². The number of hydrogen-bond donors (Lipinski definition) is 0. The van der Waals surface area contributed by atoms with Crippen LogP contribution in [0, 0.1) is 18.6 Å². The molecule has 2 heterocycles. The van der Waals surface area contributed by atoms with Crippen LogP contribution in [0.4, 0.5) is 8.78 Å². The molecule has 3 rings (SSSR count). The Bertz CT molecular complexity index is 774. The summed E-state index contributed by atoms with van der Waals surface area (Å²) in [5.74, 6) is -0.164. The predicted octanol–water partition coefficient (Wildman–Crippen LogP) is 3.92. The second kappa shape index (κ2) is 8.18. The fourth-order valence-electron chi connectivity index (χ4n) is 3.55. The Kier molecular flexibility index (Phi) is 5.94. The predicted molar refractivity (Wildman–Crippen MR) is 95.0 cm³/mol. The first-order valence-corrected chi connectivity index (χ1v) is 9.10. The minimum Gasteiger partial charge on any atom is -0.301 e. The molecule has 1 aliphatic heterocycles. The van der Waals surface area contributed by atoms with Crippen molar-refractivity contribution in [1.82, 2.24) is 14.9 Å². The number of nitrogens with zero attached hydrogens (tertiary/aromatic N) is 3. The van der Waals surface area contributed by atoms with Gasteiger partial charge in [-0.15, -0.1) is 11.6 Å². The Balaban J connectivity index is 1.77. The van der Waals surface area contributed by atoms with Crippen LogP contribution in [-0.4, -0.2) is 34.2 Å². The monoisotopic (exact) mass is 379 g/mol. The highest BCUT2D eigenvalue weighted by Gasteiger charge is 2.31. The highest BCUT2D eigenvalue weighted by Crippen LogP contribution is 2.34. The van der Waals surface area contributed by atoms with E-state index in [1.165, 1.54) is 18.2 Å². The normalized spacial score (nSPS) is 17.2. The molecule has 0 N–H and O–H groups in total. The lowest BCUT2D eigenvalue weighted by Gasteiger charge is -2.35. The molecule has 2 aromatic rings. The van der Waals surface area contributed by atoms with Crippen LogP contribution in [0.1, 0.15) is 47.4 Å². The maximum Gasteiger partial charge on any atom is 0.141 e. The zero-order valence-electron chi connectivity index (χ0n) is 14.5. The van der Waals surface area contributed by atoms with Gasteiger partial charge < -0.3 is 4.79 Å². The standard InChI is InChI=1S/C19H20ClF2N3O/c1-12-23-10-14(9-20)19(24-12)13-5-7-25(8-6-13)17(11-26)18-15(21)3-2-4-16(18)22/h2-4,10-11,13,17H,5-9H2,1H3. The average Bonchev–Trinajstić information content (AvgIpc) is 2.65. The van der Waals surface area contributed by atoms with Gasteiger partial charge in [0.1, 0.15) is 23.7 Å². The molecule has 0 amide bonds. The third kappa shape index (κ3) is 3.76. The first kappa shape index (κ1) is 18.9. The van der Waals surface area contributed by atoms with Gasteiger partial charge in [-0.05, 0) is 45.0 Å². The maximum absolute atomic E-state index is 14.1. The molecule has 4 nitrogen and oxygen atoms in total. The van der Waals surface area contributed by atoms with E-state index in [9.17, 15) is 13.6 Å². The van der Waals surface area contributed by atoms with Crippen LogP contribution in [0.5, 0.6) is 0 Å². The molecule has 26 heavy (non-hydrogen) atoms. The van der Waals surface area contributed by atoms with Crippen molar-refractivity contribution >= 4 is 17.9 Å². The molecule has 0 bridgehead atoms. The first-order chi connectivity index (χ1) is 12.5. The summed E-state index contributed by atoms with van der Waals surface area (Å²) in [7, 11) is 0. The molecule has 1 aromatic heterocycles. The summed E-state index contributed by atoms with van der Waals surface area (Å²) in [5, 5.41) is 0. The molecule has 1 saturated heterocycles. The van der Waals surface area contributed by atoms with Crippen molar-refractivity contribution in [3.05, 3.63) is 58.7 Å². The van der Waals surface area contributed by atoms with Gasteiger partial charge in [-0.2, -0.15) is 0 Å². The number of carbonyl (C=O) groups excluding carboxylic acids is 1. The van der Waals surface area contributed by atoms with Crippen LogP contribution in [0.15, 0.2) is 24.4 Å². The Hall–Kier alpha value is -1.92. The van der Waals surface area contributed by atoms with Gasteiger partial charge in [-0.3, -0.25) is 4.90 Å². The van der Waals surface area contributed by atoms with Gasteiger partial charge in [-0.25, -0.2) is 18.7 Å². The molecule has 1 aliphatic rings. The van der Waals surface area contributed by atoms with Crippen molar-refractivity contribution in [3.63, 3.8) is 0 Å². The molecule has 138 valence electrons. The molecule has 1 unspecified atom stereocenters. The number of rotatable bonds is 5. The zero-order chi connectivity index (χ0) is 18.7. The lowest BCUT2D eigenvalue weighted by molar-refractivity contribution is -0.113. The Morgan fingerprint density at radius 1 is 1.31 bits per heavy atom. The second-order valence-electron chi connectivity index (χ2n) is 6.49. The number of likely N-dealkylation sites (tertiary alicyclic amines) is 1. The number of aromatic nitrogens is 2. The number of hydrogen-bond acceptors (Lipinski definition) is 4. The summed E-state index contributed by atoms with van der Waals surface area (Å²) in [5.41, 5.74) is 1.66. The molecule has 7 heteroatoms.